The second-order valence-electron chi connectivity index (χ2n) is 2.01. The maximum absolute atomic E-state index is 8.88. The van der Waals surface area contributed by atoms with Crippen molar-refractivity contribution in [2.24, 2.45) is 0 Å². The monoisotopic (exact) mass is 121 g/mol. The van der Waals surface area contributed by atoms with Gasteiger partial charge in [-0.05, 0) is 13.8 Å². The maximum atomic E-state index is 8.88. The van der Waals surface area contributed by atoms with Gasteiger partial charge in [0.1, 0.15) is 0 Å². The van der Waals surface area contributed by atoms with Crippen molar-refractivity contribution in [2.45, 2.75) is 19.4 Å². The van der Waals surface area contributed by atoms with Crippen LogP contribution in [0.1, 0.15) is 13.8 Å². The van der Waals surface area contributed by atoms with E-state index in [4.69, 9.17) is 16.7 Å². The third kappa shape index (κ3) is 6.25. The van der Waals surface area contributed by atoms with E-state index in [1.54, 1.807) is 20.3 Å². The Hall–Kier alpha value is 0.250. The summed E-state index contributed by atoms with van der Waals surface area (Å²) >= 11 is 5.27. The molecule has 0 fully saturated rings. The molecule has 0 aromatic heterocycles. The summed E-state index contributed by atoms with van der Waals surface area (Å²) in [6, 6.07) is 0. The van der Waals surface area contributed by atoms with E-state index in [0.717, 1.165) is 0 Å². The highest BCUT2D eigenvalue weighted by molar-refractivity contribution is 6.18. The number of rotatable bonds is 2. The SMILES string of the molecule is CC(C)(O)[CH]CCl. The molecule has 0 saturated carbocycles. The van der Waals surface area contributed by atoms with E-state index in [0.29, 0.717) is 5.88 Å². The number of halogens is 1. The van der Waals surface area contributed by atoms with Gasteiger partial charge in [-0.15, -0.1) is 11.6 Å². The molecule has 0 rings (SSSR count). The molecule has 1 radical (unpaired) electrons. The van der Waals surface area contributed by atoms with Gasteiger partial charge in [-0.25, -0.2) is 0 Å². The summed E-state index contributed by atoms with van der Waals surface area (Å²) in [5, 5.41) is 8.88. The zero-order chi connectivity index (χ0) is 5.91. The van der Waals surface area contributed by atoms with Crippen LogP contribution in [0.25, 0.3) is 0 Å². The van der Waals surface area contributed by atoms with E-state index < -0.39 is 5.60 Å². The van der Waals surface area contributed by atoms with Crippen molar-refractivity contribution in [1.82, 2.24) is 0 Å². The van der Waals surface area contributed by atoms with E-state index in [2.05, 4.69) is 0 Å². The average molecular weight is 122 g/mol. The van der Waals surface area contributed by atoms with Crippen molar-refractivity contribution >= 4 is 11.6 Å². The van der Waals surface area contributed by atoms with Crippen LogP contribution >= 0.6 is 11.6 Å². The van der Waals surface area contributed by atoms with Crippen LogP contribution in [0.4, 0.5) is 0 Å². The Bertz CT molecular complexity index is 46.5. The molecule has 1 N–H and O–H groups in total. The molecule has 0 aromatic carbocycles. The Morgan fingerprint density at radius 1 is 1.71 bits per heavy atom. The molecule has 43 valence electrons. The lowest BCUT2D eigenvalue weighted by Crippen LogP contribution is -2.19. The Labute approximate surface area is 49.3 Å². The van der Waals surface area contributed by atoms with E-state index in [-0.39, 0.29) is 0 Å². The molecular formula is C5H10ClO. The van der Waals surface area contributed by atoms with Crippen LogP contribution in [-0.4, -0.2) is 16.6 Å². The molecule has 0 unspecified atom stereocenters. The minimum Gasteiger partial charge on any atom is -0.390 e. The predicted molar refractivity (Wildman–Crippen MR) is 31.3 cm³/mol. The van der Waals surface area contributed by atoms with Crippen LogP contribution in [0.5, 0.6) is 0 Å². The van der Waals surface area contributed by atoms with Gasteiger partial charge in [0, 0.05) is 12.3 Å². The molecular weight excluding hydrogens is 112 g/mol. The summed E-state index contributed by atoms with van der Waals surface area (Å²) < 4.78 is 0. The molecule has 0 spiro atoms. The van der Waals surface area contributed by atoms with E-state index in [9.17, 15) is 0 Å². The first-order valence-corrected chi connectivity index (χ1v) is 2.72. The van der Waals surface area contributed by atoms with Gasteiger partial charge in [0.2, 0.25) is 0 Å². The fraction of sp³-hybridized carbons (Fsp3) is 0.800. The molecule has 0 amide bonds. The van der Waals surface area contributed by atoms with E-state index in [1.165, 1.54) is 0 Å². The van der Waals surface area contributed by atoms with Gasteiger partial charge >= 0.3 is 0 Å². The zero-order valence-corrected chi connectivity index (χ0v) is 5.37. The first kappa shape index (κ1) is 7.25. The van der Waals surface area contributed by atoms with Gasteiger partial charge in [-0.3, -0.25) is 0 Å². The van der Waals surface area contributed by atoms with Crippen molar-refractivity contribution in [1.29, 1.82) is 0 Å². The molecule has 0 aliphatic carbocycles. The molecule has 0 aliphatic heterocycles. The molecule has 0 heterocycles. The topological polar surface area (TPSA) is 20.2 Å². The van der Waals surface area contributed by atoms with Crippen LogP contribution in [0.15, 0.2) is 0 Å². The van der Waals surface area contributed by atoms with Gasteiger partial charge in [0.05, 0.1) is 5.60 Å². The summed E-state index contributed by atoms with van der Waals surface area (Å²) in [7, 11) is 0. The Kier molecular flexibility index (Phi) is 2.62. The van der Waals surface area contributed by atoms with Crippen LogP contribution in [0.2, 0.25) is 0 Å². The summed E-state index contributed by atoms with van der Waals surface area (Å²) in [5.41, 5.74) is -0.707. The zero-order valence-electron chi connectivity index (χ0n) is 4.61. The van der Waals surface area contributed by atoms with Gasteiger partial charge in [0.25, 0.3) is 0 Å². The van der Waals surface area contributed by atoms with Gasteiger partial charge in [-0.1, -0.05) is 0 Å². The molecule has 0 aliphatic rings. The summed E-state index contributed by atoms with van der Waals surface area (Å²) in [4.78, 5) is 0. The predicted octanol–water partition coefficient (Wildman–Crippen LogP) is 1.20. The summed E-state index contributed by atoms with van der Waals surface area (Å²) in [6.07, 6.45) is 1.63. The third-order valence-electron chi connectivity index (χ3n) is 0.577. The van der Waals surface area contributed by atoms with Gasteiger partial charge < -0.3 is 5.11 Å². The number of hydrogen-bond acceptors (Lipinski definition) is 1. The molecule has 0 saturated heterocycles. The molecule has 7 heavy (non-hydrogen) atoms. The fourth-order valence-electron chi connectivity index (χ4n) is 0.189. The smallest absolute Gasteiger partial charge is 0.0635 e. The second kappa shape index (κ2) is 2.53. The quantitative estimate of drug-likeness (QED) is 0.545. The third-order valence-corrected chi connectivity index (χ3v) is 0.731. The van der Waals surface area contributed by atoms with Crippen molar-refractivity contribution in [2.75, 3.05) is 5.88 Å². The Morgan fingerprint density at radius 3 is 2.14 bits per heavy atom. The highest BCUT2D eigenvalue weighted by Crippen LogP contribution is 2.05. The lowest BCUT2D eigenvalue weighted by atomic mass is 10.1. The van der Waals surface area contributed by atoms with Crippen LogP contribution in [-0.2, 0) is 0 Å². The van der Waals surface area contributed by atoms with Crippen molar-refractivity contribution in [3.63, 3.8) is 0 Å². The molecule has 0 atom stereocenters. The highest BCUT2D eigenvalue weighted by atomic mass is 35.5. The maximum Gasteiger partial charge on any atom is 0.0635 e. The standard InChI is InChI=1S/C5H10ClO/c1-5(2,7)3-4-6/h3,7H,4H2,1-2H3. The number of hydrogen-bond donors (Lipinski definition) is 1. The van der Waals surface area contributed by atoms with Crippen molar-refractivity contribution in [3.8, 4) is 0 Å². The average Bonchev–Trinajstić information content (AvgIpc) is 1.30. The molecule has 2 heteroatoms. The second-order valence-corrected chi connectivity index (χ2v) is 2.32. The Balaban J connectivity index is 3.15. The van der Waals surface area contributed by atoms with Crippen LogP contribution in [0, 0.1) is 6.42 Å². The fourth-order valence-corrected chi connectivity index (χ4v) is 0.566. The Morgan fingerprint density at radius 2 is 2.14 bits per heavy atom. The minimum absolute atomic E-state index is 0.406. The first-order chi connectivity index (χ1) is 3.06. The lowest BCUT2D eigenvalue weighted by molar-refractivity contribution is 0.116. The number of aliphatic hydroxyl groups is 1. The van der Waals surface area contributed by atoms with Crippen LogP contribution in [0.3, 0.4) is 0 Å². The summed E-state index contributed by atoms with van der Waals surface area (Å²) in [5.74, 6) is 0.406. The van der Waals surface area contributed by atoms with Gasteiger partial charge in [0.15, 0.2) is 0 Å². The minimum atomic E-state index is -0.707. The molecule has 0 aromatic rings. The van der Waals surface area contributed by atoms with Crippen molar-refractivity contribution < 1.29 is 5.11 Å². The first-order valence-electron chi connectivity index (χ1n) is 2.19. The summed E-state index contributed by atoms with van der Waals surface area (Å²) in [6.45, 7) is 3.38. The van der Waals surface area contributed by atoms with Crippen LogP contribution < -0.4 is 0 Å². The normalized spacial score (nSPS) is 12.0. The highest BCUT2D eigenvalue weighted by Gasteiger charge is 2.09. The largest absolute Gasteiger partial charge is 0.390 e. The van der Waals surface area contributed by atoms with Crippen molar-refractivity contribution in [3.05, 3.63) is 6.42 Å². The lowest BCUT2D eigenvalue weighted by Gasteiger charge is -2.12. The van der Waals surface area contributed by atoms with E-state index in [1.807, 2.05) is 0 Å². The van der Waals surface area contributed by atoms with E-state index >= 15 is 0 Å². The van der Waals surface area contributed by atoms with Gasteiger partial charge in [-0.2, -0.15) is 0 Å². The molecule has 1 nitrogen and oxygen atoms in total. The number of alkyl halides is 1. The molecule has 0 bridgehead atoms.